The number of nitrogens with zero attached hydrogens (tertiary/aromatic N) is 3. The van der Waals surface area contributed by atoms with Crippen LogP contribution in [-0.2, 0) is 56.7 Å². The minimum atomic E-state index is -3.82. The number of para-hydroxylation sites is 2. The van der Waals surface area contributed by atoms with E-state index >= 15 is 0 Å². The summed E-state index contributed by atoms with van der Waals surface area (Å²) in [6.45, 7) is 8.67. The van der Waals surface area contributed by atoms with Crippen LogP contribution >= 0.6 is 0 Å². The lowest BCUT2D eigenvalue weighted by Gasteiger charge is -2.48. The molecular formula is C50H54N4O11S2. The van der Waals surface area contributed by atoms with Crippen LogP contribution in [0.1, 0.15) is 36.4 Å². The van der Waals surface area contributed by atoms with E-state index in [1.54, 1.807) is 38.1 Å². The van der Waals surface area contributed by atoms with Gasteiger partial charge in [0, 0.05) is 65.4 Å². The van der Waals surface area contributed by atoms with Crippen LogP contribution in [0, 0.1) is 30.6 Å². The number of fused-ring (bicyclic) bond motifs is 2. The molecule has 1 amide bonds. The predicted molar refractivity (Wildman–Crippen MR) is 252 cm³/mol. The molecule has 4 heterocycles. The maximum atomic E-state index is 13.2. The third kappa shape index (κ3) is 10.7. The van der Waals surface area contributed by atoms with E-state index in [4.69, 9.17) is 18.9 Å². The Bertz CT molecular complexity index is 3020. The maximum absolute atomic E-state index is 13.2. The summed E-state index contributed by atoms with van der Waals surface area (Å²) in [5, 5.41) is 4.98. The minimum absolute atomic E-state index is 0.0242. The van der Waals surface area contributed by atoms with Crippen molar-refractivity contribution < 1.29 is 50.2 Å². The fraction of sp³-hybridized carbons (Fsp3) is 0.340. The number of esters is 2. The van der Waals surface area contributed by atoms with Gasteiger partial charge in [-0.15, -0.1) is 0 Å². The topological polar surface area (TPSA) is 197 Å². The van der Waals surface area contributed by atoms with E-state index in [2.05, 4.69) is 15.3 Å². The van der Waals surface area contributed by atoms with E-state index in [1.165, 1.54) is 43.4 Å². The van der Waals surface area contributed by atoms with E-state index in [9.17, 15) is 31.2 Å². The van der Waals surface area contributed by atoms with Gasteiger partial charge in [0.05, 0.1) is 46.5 Å². The maximum Gasteiger partial charge on any atom is 0.316 e. The first-order chi connectivity index (χ1) is 31.9. The van der Waals surface area contributed by atoms with Crippen molar-refractivity contribution in [3.05, 3.63) is 132 Å². The van der Waals surface area contributed by atoms with E-state index in [0.29, 0.717) is 37.8 Å². The summed E-state index contributed by atoms with van der Waals surface area (Å²) in [7, 11) is -4.98. The molecule has 15 nitrogen and oxygen atoms in total. The lowest BCUT2D eigenvalue weighted by molar-refractivity contribution is -0.167. The van der Waals surface area contributed by atoms with E-state index < -0.39 is 48.2 Å². The second kappa shape index (κ2) is 19.8. The Morgan fingerprint density at radius 2 is 1.03 bits per heavy atom. The van der Waals surface area contributed by atoms with Crippen LogP contribution in [0.5, 0.6) is 11.5 Å². The number of sulfone groups is 2. The second-order valence-corrected chi connectivity index (χ2v) is 21.4. The van der Waals surface area contributed by atoms with Crippen LogP contribution in [0.25, 0.3) is 21.8 Å². The number of amides is 1. The van der Waals surface area contributed by atoms with E-state index in [1.807, 2.05) is 74.5 Å². The van der Waals surface area contributed by atoms with Gasteiger partial charge in [0.1, 0.15) is 35.5 Å². The summed E-state index contributed by atoms with van der Waals surface area (Å²) in [4.78, 5) is 47.6. The van der Waals surface area contributed by atoms with Crippen molar-refractivity contribution in [2.75, 3.05) is 51.9 Å². The summed E-state index contributed by atoms with van der Waals surface area (Å²) in [6, 6.07) is 32.1. The molecule has 1 N–H and O–H groups in total. The molecule has 2 fully saturated rings. The molecule has 2 aliphatic rings. The lowest BCUT2D eigenvalue weighted by Crippen LogP contribution is -2.65. The zero-order chi connectivity index (χ0) is 48.1. The predicted octanol–water partition coefficient (Wildman–Crippen LogP) is 6.21. The standard InChI is InChI=1S/C27H30N2O6S.C23H24N2O5S/c1-18(2)25(30)29-15-27(16-29,26(31)34-4)17-36(32,33)22-11-9-21(10-12-22)35-14-20-13-19(3)28-24-8-6-5-7-23(20)24;1-16-11-17(20-5-3-4-6-21(20)25-16)12-30-18-7-9-19(10-8-18)31(27,28)15-23(13-24-14-23)22(26)29-2/h5-13,18H,14-17H2,1-4H3;3-11,24H,12-15H2,1-2H3. The van der Waals surface area contributed by atoms with Gasteiger partial charge in [-0.3, -0.25) is 24.4 Å². The van der Waals surface area contributed by atoms with E-state index in [-0.39, 0.29) is 40.5 Å². The van der Waals surface area contributed by atoms with Gasteiger partial charge in [-0.2, -0.15) is 0 Å². The molecule has 0 bridgehead atoms. The molecule has 0 radical (unpaired) electrons. The number of rotatable bonds is 15. The molecule has 4 aromatic carbocycles. The Hall–Kier alpha value is -6.43. The van der Waals surface area contributed by atoms with Gasteiger partial charge in [0.2, 0.25) is 5.91 Å². The van der Waals surface area contributed by atoms with Crippen molar-refractivity contribution in [1.29, 1.82) is 0 Å². The first-order valence-electron chi connectivity index (χ1n) is 21.7. The SMILES string of the molecule is COC(=O)C1(CS(=O)(=O)c2ccc(OCc3cc(C)nc4ccccc34)cc2)CN(C(=O)C(C)C)C1.COC(=O)C1(CS(=O)(=O)c2ccc(OCc3cc(C)nc4ccccc34)cc2)CNC1. The molecule has 0 saturated carbocycles. The first kappa shape index (κ1) is 48.5. The first-order valence-corrected chi connectivity index (χ1v) is 25.0. The summed E-state index contributed by atoms with van der Waals surface area (Å²) in [5.74, 6) is -1.13. The number of hydrogen-bond donors (Lipinski definition) is 1. The number of pyridine rings is 2. The number of likely N-dealkylation sites (tertiary alicyclic amines) is 1. The Labute approximate surface area is 390 Å². The van der Waals surface area contributed by atoms with Gasteiger partial charge in [0.25, 0.3) is 0 Å². The molecule has 67 heavy (non-hydrogen) atoms. The van der Waals surface area contributed by atoms with Crippen LogP contribution < -0.4 is 14.8 Å². The Morgan fingerprint density at radius 3 is 1.42 bits per heavy atom. The van der Waals surface area contributed by atoms with Gasteiger partial charge >= 0.3 is 11.9 Å². The third-order valence-electron chi connectivity index (χ3n) is 11.9. The molecule has 0 spiro atoms. The Kier molecular flexibility index (Phi) is 14.3. The molecule has 0 aliphatic carbocycles. The van der Waals surface area contributed by atoms with Gasteiger partial charge in [0.15, 0.2) is 19.7 Å². The number of aromatic nitrogens is 2. The minimum Gasteiger partial charge on any atom is -0.489 e. The molecule has 0 atom stereocenters. The van der Waals surface area contributed by atoms with Gasteiger partial charge in [-0.05, 0) is 86.6 Å². The summed E-state index contributed by atoms with van der Waals surface area (Å²) in [6.07, 6.45) is 0. The van der Waals surface area contributed by atoms with Crippen molar-refractivity contribution in [2.24, 2.45) is 16.7 Å². The molecule has 17 heteroatoms. The highest BCUT2D eigenvalue weighted by molar-refractivity contribution is 7.91. The summed E-state index contributed by atoms with van der Waals surface area (Å²) >= 11 is 0. The molecule has 2 aliphatic heterocycles. The van der Waals surface area contributed by atoms with Crippen molar-refractivity contribution >= 4 is 59.3 Å². The van der Waals surface area contributed by atoms with Crippen molar-refractivity contribution in [1.82, 2.24) is 20.2 Å². The lowest BCUT2D eigenvalue weighted by atomic mass is 9.81. The van der Waals surface area contributed by atoms with Crippen LogP contribution in [-0.4, -0.2) is 101 Å². The molecule has 0 unspecified atom stereocenters. The zero-order valence-electron chi connectivity index (χ0n) is 38.3. The average molecular weight is 951 g/mol. The highest BCUT2D eigenvalue weighted by atomic mass is 32.2. The fourth-order valence-corrected chi connectivity index (χ4v) is 11.9. The fourth-order valence-electron chi connectivity index (χ4n) is 8.38. The third-order valence-corrected chi connectivity index (χ3v) is 15.7. The number of aryl methyl sites for hydroxylation is 2. The number of ether oxygens (including phenoxy) is 4. The number of benzene rings is 4. The molecule has 352 valence electrons. The zero-order valence-corrected chi connectivity index (χ0v) is 39.9. The monoisotopic (exact) mass is 950 g/mol. The summed E-state index contributed by atoms with van der Waals surface area (Å²) in [5.41, 5.74) is 3.30. The largest absolute Gasteiger partial charge is 0.489 e. The highest BCUT2D eigenvalue weighted by Gasteiger charge is 2.55. The number of nitrogens with one attached hydrogen (secondary N) is 1. The quantitative estimate of drug-likeness (QED) is 0.114. The van der Waals surface area contributed by atoms with Crippen LogP contribution in [0.3, 0.4) is 0 Å². The van der Waals surface area contributed by atoms with Gasteiger partial charge in [-0.25, -0.2) is 16.8 Å². The van der Waals surface area contributed by atoms with E-state index in [0.717, 1.165) is 44.3 Å². The van der Waals surface area contributed by atoms with Gasteiger partial charge < -0.3 is 29.2 Å². The van der Waals surface area contributed by atoms with Crippen molar-refractivity contribution in [3.63, 3.8) is 0 Å². The average Bonchev–Trinajstić information content (AvgIpc) is 3.29. The Morgan fingerprint density at radius 1 is 0.627 bits per heavy atom. The second-order valence-electron chi connectivity index (χ2n) is 17.4. The normalized spacial score (nSPS) is 15.1. The summed E-state index contributed by atoms with van der Waals surface area (Å²) < 4.78 is 73.6. The molecule has 2 aromatic heterocycles. The number of carbonyl (C=O) groups excluding carboxylic acids is 3. The van der Waals surface area contributed by atoms with Crippen LogP contribution in [0.15, 0.2) is 119 Å². The number of hydrogen-bond acceptors (Lipinski definition) is 14. The Balaban J connectivity index is 0.000000201. The number of methoxy groups -OCH3 is 2. The number of carbonyl (C=O) groups is 3. The highest BCUT2D eigenvalue weighted by Crippen LogP contribution is 2.37. The van der Waals surface area contributed by atoms with Crippen LogP contribution in [0.2, 0.25) is 0 Å². The smallest absolute Gasteiger partial charge is 0.316 e. The van der Waals surface area contributed by atoms with Crippen molar-refractivity contribution in [2.45, 2.75) is 50.7 Å². The van der Waals surface area contributed by atoms with Crippen LogP contribution in [0.4, 0.5) is 0 Å². The molecule has 2 saturated heterocycles. The molecule has 8 rings (SSSR count). The molecular weight excluding hydrogens is 897 g/mol. The molecule has 6 aromatic rings. The van der Waals surface area contributed by atoms with Gasteiger partial charge in [-0.1, -0.05) is 50.2 Å². The van der Waals surface area contributed by atoms with Crippen molar-refractivity contribution in [3.8, 4) is 11.5 Å².